The van der Waals surface area contributed by atoms with Gasteiger partial charge in [-0.05, 0) is 43.5 Å². The van der Waals surface area contributed by atoms with E-state index in [1.165, 1.54) is 0 Å². The van der Waals surface area contributed by atoms with E-state index < -0.39 is 0 Å². The van der Waals surface area contributed by atoms with Crippen molar-refractivity contribution in [2.45, 2.75) is 25.3 Å². The summed E-state index contributed by atoms with van der Waals surface area (Å²) in [6.45, 7) is 0.722. The van der Waals surface area contributed by atoms with E-state index >= 15 is 0 Å². The van der Waals surface area contributed by atoms with E-state index in [0.717, 1.165) is 41.0 Å². The number of aromatic nitrogens is 1. The van der Waals surface area contributed by atoms with Gasteiger partial charge >= 0.3 is 0 Å². The quantitative estimate of drug-likeness (QED) is 0.657. The van der Waals surface area contributed by atoms with Crippen molar-refractivity contribution in [2.75, 3.05) is 20.8 Å². The van der Waals surface area contributed by atoms with Crippen LogP contribution >= 0.6 is 11.3 Å². The van der Waals surface area contributed by atoms with Gasteiger partial charge < -0.3 is 14.4 Å². The number of benzene rings is 2. The summed E-state index contributed by atoms with van der Waals surface area (Å²) in [5.41, 5.74) is 1.53. The smallest absolute Gasteiger partial charge is 0.258 e. The van der Waals surface area contributed by atoms with Crippen molar-refractivity contribution >= 4 is 27.5 Å². The van der Waals surface area contributed by atoms with Crippen LogP contribution in [0.5, 0.6) is 11.5 Å². The minimum Gasteiger partial charge on any atom is -0.493 e. The number of amides is 1. The predicted octanol–water partition coefficient (Wildman–Crippen LogP) is 4.68. The molecule has 0 spiro atoms. The molecule has 1 aliphatic heterocycles. The predicted molar refractivity (Wildman–Crippen MR) is 107 cm³/mol. The molecule has 1 aromatic heterocycles. The molecule has 0 radical (unpaired) electrons. The van der Waals surface area contributed by atoms with Gasteiger partial charge in [0, 0.05) is 6.54 Å². The highest BCUT2D eigenvalue weighted by Crippen LogP contribution is 2.38. The topological polar surface area (TPSA) is 51.7 Å². The molecule has 0 bridgehead atoms. The second kappa shape index (κ2) is 7.56. The molecule has 1 saturated heterocycles. The number of likely N-dealkylation sites (tertiary alicyclic amines) is 1. The summed E-state index contributed by atoms with van der Waals surface area (Å²) in [5.74, 6) is 1.02. The summed E-state index contributed by atoms with van der Waals surface area (Å²) in [7, 11) is 3.15. The van der Waals surface area contributed by atoms with E-state index in [9.17, 15) is 4.79 Å². The highest BCUT2D eigenvalue weighted by Gasteiger charge is 2.32. The molecular weight excluding hydrogens is 360 g/mol. The second-order valence-electron chi connectivity index (χ2n) is 6.57. The van der Waals surface area contributed by atoms with Crippen molar-refractivity contribution in [3.8, 4) is 11.5 Å². The van der Waals surface area contributed by atoms with Crippen molar-refractivity contribution in [1.82, 2.24) is 9.88 Å². The number of carbonyl (C=O) groups is 1. The first-order chi connectivity index (χ1) is 13.2. The third-order valence-electron chi connectivity index (χ3n) is 4.99. The van der Waals surface area contributed by atoms with Gasteiger partial charge in [-0.1, -0.05) is 18.2 Å². The van der Waals surface area contributed by atoms with Crippen LogP contribution < -0.4 is 9.47 Å². The number of piperidine rings is 1. The van der Waals surface area contributed by atoms with Crippen LogP contribution in [0.2, 0.25) is 0 Å². The molecule has 0 aliphatic carbocycles. The molecule has 2 aromatic carbocycles. The largest absolute Gasteiger partial charge is 0.493 e. The first-order valence-corrected chi connectivity index (χ1v) is 9.92. The third kappa shape index (κ3) is 3.25. The molecule has 1 aliphatic rings. The maximum atomic E-state index is 13.4. The summed E-state index contributed by atoms with van der Waals surface area (Å²) in [5, 5.41) is 1.01. The average molecular weight is 382 g/mol. The highest BCUT2D eigenvalue weighted by molar-refractivity contribution is 7.18. The Labute approximate surface area is 162 Å². The van der Waals surface area contributed by atoms with Crippen molar-refractivity contribution in [2.24, 2.45) is 0 Å². The summed E-state index contributed by atoms with van der Waals surface area (Å²) in [4.78, 5) is 20.2. The Morgan fingerprint density at radius 3 is 2.74 bits per heavy atom. The molecule has 5 nitrogen and oxygen atoms in total. The Hall–Kier alpha value is -2.60. The van der Waals surface area contributed by atoms with Crippen LogP contribution in [-0.4, -0.2) is 36.6 Å². The lowest BCUT2D eigenvalue weighted by atomic mass is 10.0. The summed E-state index contributed by atoms with van der Waals surface area (Å²) >= 11 is 1.68. The van der Waals surface area contributed by atoms with Crippen molar-refractivity contribution in [1.29, 1.82) is 0 Å². The number of fused-ring (bicyclic) bond motifs is 1. The number of methoxy groups -OCH3 is 2. The average Bonchev–Trinajstić information content (AvgIpc) is 3.16. The summed E-state index contributed by atoms with van der Waals surface area (Å²) in [6, 6.07) is 13.5. The Kier molecular flexibility index (Phi) is 4.99. The summed E-state index contributed by atoms with van der Waals surface area (Å²) < 4.78 is 12.0. The zero-order valence-corrected chi connectivity index (χ0v) is 16.3. The van der Waals surface area contributed by atoms with E-state index in [1.807, 2.05) is 29.2 Å². The summed E-state index contributed by atoms with van der Waals surface area (Å²) in [6.07, 6.45) is 3.02. The number of hydrogen-bond acceptors (Lipinski definition) is 5. The molecule has 1 unspecified atom stereocenters. The van der Waals surface area contributed by atoms with Crippen molar-refractivity contribution in [3.63, 3.8) is 0 Å². The fourth-order valence-electron chi connectivity index (χ4n) is 3.67. The van der Waals surface area contributed by atoms with E-state index in [-0.39, 0.29) is 11.9 Å². The lowest BCUT2D eigenvalue weighted by Crippen LogP contribution is -2.38. The minimum atomic E-state index is -0.0327. The van der Waals surface area contributed by atoms with E-state index in [2.05, 4.69) is 6.07 Å². The molecule has 1 amide bonds. The number of para-hydroxylation sites is 2. The maximum Gasteiger partial charge on any atom is 0.258 e. The van der Waals surface area contributed by atoms with Gasteiger partial charge in [-0.2, -0.15) is 0 Å². The lowest BCUT2D eigenvalue weighted by Gasteiger charge is -2.35. The molecule has 1 atom stereocenters. The minimum absolute atomic E-state index is 0.000410. The first-order valence-electron chi connectivity index (χ1n) is 9.10. The Morgan fingerprint density at radius 2 is 1.96 bits per heavy atom. The number of carbonyl (C=O) groups excluding carboxylic acids is 1. The zero-order valence-electron chi connectivity index (χ0n) is 15.5. The van der Waals surface area contributed by atoms with Crippen LogP contribution in [0.15, 0.2) is 42.5 Å². The standard InChI is InChI=1S/C21H22N2O3S/c1-25-17-11-7-8-14(19(17)26-2)21(24)23-13-6-5-10-16(23)20-22-15-9-3-4-12-18(15)27-20/h3-4,7-9,11-12,16H,5-6,10,13H2,1-2H3. The molecular formula is C21H22N2O3S. The van der Waals surface area contributed by atoms with Gasteiger partial charge in [0.2, 0.25) is 0 Å². The molecule has 2 heterocycles. The molecule has 1 fully saturated rings. The van der Waals surface area contributed by atoms with Crippen LogP contribution in [-0.2, 0) is 0 Å². The van der Waals surface area contributed by atoms with Gasteiger partial charge in [-0.3, -0.25) is 4.79 Å². The van der Waals surface area contributed by atoms with Gasteiger partial charge in [0.05, 0.1) is 36.0 Å². The molecule has 3 aromatic rings. The number of nitrogens with zero attached hydrogens (tertiary/aromatic N) is 2. The maximum absolute atomic E-state index is 13.4. The van der Waals surface area contributed by atoms with Gasteiger partial charge in [-0.25, -0.2) is 4.98 Å². The van der Waals surface area contributed by atoms with Crippen molar-refractivity contribution in [3.05, 3.63) is 53.0 Å². The Morgan fingerprint density at radius 1 is 1.11 bits per heavy atom. The van der Waals surface area contributed by atoms with E-state index in [0.29, 0.717) is 17.1 Å². The van der Waals surface area contributed by atoms with Crippen LogP contribution in [0.1, 0.15) is 40.7 Å². The van der Waals surface area contributed by atoms with E-state index in [4.69, 9.17) is 14.5 Å². The fourth-order valence-corrected chi connectivity index (χ4v) is 4.79. The van der Waals surface area contributed by atoms with Gasteiger partial charge in [0.1, 0.15) is 5.01 Å². The molecule has 4 rings (SSSR count). The second-order valence-corrected chi connectivity index (χ2v) is 7.63. The van der Waals surface area contributed by atoms with Crippen LogP contribution in [0.4, 0.5) is 0 Å². The van der Waals surface area contributed by atoms with Gasteiger partial charge in [0.25, 0.3) is 5.91 Å². The van der Waals surface area contributed by atoms with Crippen LogP contribution in [0.3, 0.4) is 0 Å². The van der Waals surface area contributed by atoms with Crippen LogP contribution in [0.25, 0.3) is 10.2 Å². The Bertz CT molecular complexity index is 936. The monoisotopic (exact) mass is 382 g/mol. The molecule has 140 valence electrons. The molecule has 6 heteroatoms. The number of ether oxygens (including phenoxy) is 2. The molecule has 0 N–H and O–H groups in total. The normalized spacial score (nSPS) is 17.1. The first kappa shape index (κ1) is 17.8. The SMILES string of the molecule is COc1cccc(C(=O)N2CCCCC2c2nc3ccccc3s2)c1OC. The zero-order chi connectivity index (χ0) is 18.8. The number of thiazole rings is 1. The highest BCUT2D eigenvalue weighted by atomic mass is 32.1. The van der Waals surface area contributed by atoms with Gasteiger partial charge in [0.15, 0.2) is 11.5 Å². The number of hydrogen-bond donors (Lipinski definition) is 0. The Balaban J connectivity index is 1.71. The van der Waals surface area contributed by atoms with E-state index in [1.54, 1.807) is 37.7 Å². The van der Waals surface area contributed by atoms with Gasteiger partial charge in [-0.15, -0.1) is 11.3 Å². The molecule has 27 heavy (non-hydrogen) atoms. The number of rotatable bonds is 4. The lowest BCUT2D eigenvalue weighted by molar-refractivity contribution is 0.0607. The van der Waals surface area contributed by atoms with Crippen molar-refractivity contribution < 1.29 is 14.3 Å². The fraction of sp³-hybridized carbons (Fsp3) is 0.333. The molecule has 0 saturated carbocycles. The van der Waals surface area contributed by atoms with Crippen LogP contribution in [0, 0.1) is 0 Å². The third-order valence-corrected chi connectivity index (χ3v) is 6.13.